The smallest absolute Gasteiger partial charge is 0.307 e. The van der Waals surface area contributed by atoms with Crippen LogP contribution in [0.5, 0.6) is 0 Å². The van der Waals surface area contributed by atoms with Crippen molar-refractivity contribution in [3.8, 4) is 0 Å². The summed E-state index contributed by atoms with van der Waals surface area (Å²) in [6.07, 6.45) is -0.783. The van der Waals surface area contributed by atoms with E-state index in [2.05, 4.69) is 0 Å². The Balaban J connectivity index is 2.71. The zero-order valence-electron chi connectivity index (χ0n) is 13.5. The second-order valence-electron chi connectivity index (χ2n) is 4.87. The molecule has 0 radical (unpaired) electrons. The lowest BCUT2D eigenvalue weighted by Crippen LogP contribution is -2.21. The minimum absolute atomic E-state index is 0.333. The van der Waals surface area contributed by atoms with Crippen LogP contribution in [0.3, 0.4) is 0 Å². The molecule has 2 rings (SSSR count). The maximum absolute atomic E-state index is 11.6. The van der Waals surface area contributed by atoms with Crippen molar-refractivity contribution in [2.75, 3.05) is 14.2 Å². The molecule has 0 unspecified atom stereocenters. The Morgan fingerprint density at radius 1 is 0.826 bits per heavy atom. The summed E-state index contributed by atoms with van der Waals surface area (Å²) in [7, 11) is 3.01. The van der Waals surface area contributed by atoms with Crippen LogP contribution in [0.2, 0.25) is 0 Å². The van der Waals surface area contributed by atoms with E-state index in [9.17, 15) is 4.79 Å². The van der Waals surface area contributed by atoms with Gasteiger partial charge >= 0.3 is 5.97 Å². The summed E-state index contributed by atoms with van der Waals surface area (Å²) in [5, 5.41) is 0. The van der Waals surface area contributed by atoms with Gasteiger partial charge in [-0.3, -0.25) is 4.79 Å². The lowest BCUT2D eigenvalue weighted by molar-refractivity contribution is -0.147. The summed E-state index contributed by atoms with van der Waals surface area (Å²) in [4.78, 5) is 11.6. The predicted octanol–water partition coefficient (Wildman–Crippen LogP) is 3.63. The molecule has 0 aliphatic heterocycles. The molecular formula is C19H20O4. The van der Waals surface area contributed by atoms with Crippen molar-refractivity contribution >= 4 is 11.5 Å². The number of hydrogen-bond donors (Lipinski definition) is 0. The lowest BCUT2D eigenvalue weighted by Gasteiger charge is -2.21. The second kappa shape index (κ2) is 8.27. The summed E-state index contributed by atoms with van der Waals surface area (Å²) in [6, 6.07) is 19.4. The van der Waals surface area contributed by atoms with Crippen LogP contribution in [0.15, 0.2) is 66.4 Å². The van der Waals surface area contributed by atoms with Crippen LogP contribution in [0.4, 0.5) is 0 Å². The van der Waals surface area contributed by atoms with Crippen LogP contribution >= 0.6 is 0 Å². The third kappa shape index (κ3) is 4.28. The summed E-state index contributed by atoms with van der Waals surface area (Å²) >= 11 is 0. The first-order chi connectivity index (χ1) is 11.2. The van der Waals surface area contributed by atoms with Crippen LogP contribution in [0.25, 0.3) is 5.57 Å². The molecule has 0 bridgehead atoms. The SMILES string of the molecule is COC(OC)C(OC(C)=O)=C(c1ccccc1)c1ccccc1. The Labute approximate surface area is 136 Å². The first-order valence-corrected chi connectivity index (χ1v) is 7.26. The van der Waals surface area contributed by atoms with Gasteiger partial charge < -0.3 is 14.2 Å². The zero-order chi connectivity index (χ0) is 16.7. The van der Waals surface area contributed by atoms with Gasteiger partial charge in [-0.15, -0.1) is 0 Å². The number of rotatable bonds is 6. The highest BCUT2D eigenvalue weighted by molar-refractivity contribution is 5.83. The molecule has 2 aromatic carbocycles. The molecule has 0 spiro atoms. The quantitative estimate of drug-likeness (QED) is 0.464. The van der Waals surface area contributed by atoms with Crippen molar-refractivity contribution in [1.29, 1.82) is 0 Å². The van der Waals surface area contributed by atoms with E-state index in [4.69, 9.17) is 14.2 Å². The standard InChI is InChI=1S/C19H20O4/c1-14(20)23-18(19(21-2)22-3)17(15-10-6-4-7-11-15)16-12-8-5-9-13-16/h4-13,19H,1-3H3. The van der Waals surface area contributed by atoms with E-state index in [1.165, 1.54) is 21.1 Å². The minimum Gasteiger partial charge on any atom is -0.425 e. The van der Waals surface area contributed by atoms with Crippen LogP contribution in [-0.4, -0.2) is 26.5 Å². The highest BCUT2D eigenvalue weighted by Crippen LogP contribution is 2.30. The predicted molar refractivity (Wildman–Crippen MR) is 88.5 cm³/mol. The van der Waals surface area contributed by atoms with Crippen molar-refractivity contribution in [2.45, 2.75) is 13.2 Å². The Morgan fingerprint density at radius 2 is 1.26 bits per heavy atom. The van der Waals surface area contributed by atoms with Crippen molar-refractivity contribution < 1.29 is 19.0 Å². The van der Waals surface area contributed by atoms with Gasteiger partial charge in [0, 0.05) is 26.7 Å². The summed E-state index contributed by atoms with van der Waals surface area (Å²) < 4.78 is 16.1. The number of ether oxygens (including phenoxy) is 3. The van der Waals surface area contributed by atoms with E-state index in [0.717, 1.165) is 16.7 Å². The number of esters is 1. The largest absolute Gasteiger partial charge is 0.425 e. The summed E-state index contributed by atoms with van der Waals surface area (Å²) in [5.41, 5.74) is 2.58. The Kier molecular flexibility index (Phi) is 6.09. The molecule has 2 aromatic rings. The molecule has 0 heterocycles. The first kappa shape index (κ1) is 16.9. The second-order valence-corrected chi connectivity index (χ2v) is 4.87. The molecule has 120 valence electrons. The number of methoxy groups -OCH3 is 2. The first-order valence-electron chi connectivity index (χ1n) is 7.26. The minimum atomic E-state index is -0.783. The maximum Gasteiger partial charge on any atom is 0.307 e. The molecule has 0 fully saturated rings. The fourth-order valence-corrected chi connectivity index (χ4v) is 2.34. The molecule has 4 nitrogen and oxygen atoms in total. The van der Waals surface area contributed by atoms with E-state index in [1.54, 1.807) is 0 Å². The van der Waals surface area contributed by atoms with E-state index in [1.807, 2.05) is 60.7 Å². The van der Waals surface area contributed by atoms with Gasteiger partial charge in [-0.25, -0.2) is 0 Å². The van der Waals surface area contributed by atoms with Crippen molar-refractivity contribution in [3.63, 3.8) is 0 Å². The monoisotopic (exact) mass is 312 g/mol. The number of benzene rings is 2. The molecule has 0 N–H and O–H groups in total. The maximum atomic E-state index is 11.6. The molecule has 0 atom stereocenters. The van der Waals surface area contributed by atoms with Crippen LogP contribution < -0.4 is 0 Å². The average molecular weight is 312 g/mol. The molecule has 4 heteroatoms. The molecule has 0 saturated heterocycles. The molecular weight excluding hydrogens is 292 g/mol. The van der Waals surface area contributed by atoms with Gasteiger partial charge in [-0.2, -0.15) is 0 Å². The van der Waals surface area contributed by atoms with E-state index < -0.39 is 12.3 Å². The van der Waals surface area contributed by atoms with Crippen LogP contribution in [0.1, 0.15) is 18.1 Å². The lowest BCUT2D eigenvalue weighted by atomic mass is 9.96. The van der Waals surface area contributed by atoms with E-state index >= 15 is 0 Å². The van der Waals surface area contributed by atoms with E-state index in [-0.39, 0.29) is 0 Å². The number of carbonyl (C=O) groups excluding carboxylic acids is 1. The molecule has 23 heavy (non-hydrogen) atoms. The van der Waals surface area contributed by atoms with Gasteiger partial charge in [0.25, 0.3) is 0 Å². The normalized spacial score (nSPS) is 10.4. The fourth-order valence-electron chi connectivity index (χ4n) is 2.34. The molecule has 0 saturated carbocycles. The molecule has 0 amide bonds. The Morgan fingerprint density at radius 3 is 1.61 bits per heavy atom. The van der Waals surface area contributed by atoms with Gasteiger partial charge in [0.2, 0.25) is 6.29 Å². The highest BCUT2D eigenvalue weighted by Gasteiger charge is 2.23. The third-order valence-electron chi connectivity index (χ3n) is 3.27. The number of hydrogen-bond acceptors (Lipinski definition) is 4. The average Bonchev–Trinajstić information content (AvgIpc) is 2.57. The molecule has 0 aliphatic carbocycles. The molecule has 0 aromatic heterocycles. The van der Waals surface area contributed by atoms with Gasteiger partial charge in [-0.05, 0) is 11.1 Å². The van der Waals surface area contributed by atoms with Crippen molar-refractivity contribution in [1.82, 2.24) is 0 Å². The highest BCUT2D eigenvalue weighted by atomic mass is 16.7. The third-order valence-corrected chi connectivity index (χ3v) is 3.27. The van der Waals surface area contributed by atoms with Gasteiger partial charge in [0.15, 0.2) is 5.76 Å². The van der Waals surface area contributed by atoms with Crippen LogP contribution in [-0.2, 0) is 19.0 Å². The van der Waals surface area contributed by atoms with Gasteiger partial charge in [0.05, 0.1) is 0 Å². The fraction of sp³-hybridized carbons (Fsp3) is 0.211. The number of carbonyl (C=O) groups is 1. The Hall–Kier alpha value is -2.43. The van der Waals surface area contributed by atoms with Gasteiger partial charge in [-0.1, -0.05) is 60.7 Å². The zero-order valence-corrected chi connectivity index (χ0v) is 13.5. The Bertz CT molecular complexity index is 617. The van der Waals surface area contributed by atoms with Gasteiger partial charge in [0.1, 0.15) is 0 Å². The van der Waals surface area contributed by atoms with Crippen molar-refractivity contribution in [2.24, 2.45) is 0 Å². The topological polar surface area (TPSA) is 44.8 Å². The van der Waals surface area contributed by atoms with E-state index in [0.29, 0.717) is 5.76 Å². The van der Waals surface area contributed by atoms with Crippen LogP contribution in [0, 0.1) is 0 Å². The summed E-state index contributed by atoms with van der Waals surface area (Å²) in [6.45, 7) is 1.36. The molecule has 0 aliphatic rings. The van der Waals surface area contributed by atoms with Crippen molar-refractivity contribution in [3.05, 3.63) is 77.5 Å². The summed E-state index contributed by atoms with van der Waals surface area (Å²) in [5.74, 6) is -0.0941.